The van der Waals surface area contributed by atoms with E-state index in [0.29, 0.717) is 13.0 Å². The van der Waals surface area contributed by atoms with E-state index >= 15 is 0 Å². The minimum Gasteiger partial charge on any atom is -0.399 e. The van der Waals surface area contributed by atoms with Gasteiger partial charge in [-0.1, -0.05) is 0 Å². The first-order chi connectivity index (χ1) is 14.1. The number of aliphatic hydroxyl groups is 1. The third kappa shape index (κ3) is 6.18. The second-order valence-corrected chi connectivity index (χ2v) is 6.71. The van der Waals surface area contributed by atoms with Crippen molar-refractivity contribution in [2.75, 3.05) is 32.9 Å². The Kier molecular flexibility index (Phi) is 7.82. The number of aliphatic hydroxyl groups excluding tert-OH is 1. The number of halogens is 5. The molecule has 0 aromatic heterocycles. The molecule has 2 rings (SSSR count). The number of nitrogens with zero attached hydrogens (tertiary/aromatic N) is 2. The highest BCUT2D eigenvalue weighted by molar-refractivity contribution is 5.77. The second kappa shape index (κ2) is 9.92. The van der Waals surface area contributed by atoms with Crippen LogP contribution in [0.5, 0.6) is 5.75 Å². The lowest BCUT2D eigenvalue weighted by Crippen LogP contribution is -2.54. The Morgan fingerprint density at radius 3 is 2.37 bits per heavy atom. The summed E-state index contributed by atoms with van der Waals surface area (Å²) in [4.78, 5) is 26.2. The van der Waals surface area contributed by atoms with Gasteiger partial charge in [0.05, 0.1) is 0 Å². The largest absolute Gasteiger partial charge is 0.573 e. The Morgan fingerprint density at radius 2 is 1.87 bits per heavy atom. The minimum absolute atomic E-state index is 0.0734. The van der Waals surface area contributed by atoms with Crippen LogP contribution in [0.3, 0.4) is 0 Å². The van der Waals surface area contributed by atoms with Gasteiger partial charge in [-0.3, -0.25) is 4.79 Å². The number of carbonyl (C=O) groups is 2. The number of ether oxygens (including phenoxy) is 1. The van der Waals surface area contributed by atoms with Crippen molar-refractivity contribution in [1.82, 2.24) is 15.1 Å². The van der Waals surface area contributed by atoms with Crippen LogP contribution in [-0.2, 0) is 4.79 Å². The van der Waals surface area contributed by atoms with Crippen LogP contribution >= 0.6 is 0 Å². The van der Waals surface area contributed by atoms with Crippen molar-refractivity contribution >= 4 is 11.9 Å². The fraction of sp³-hybridized carbons (Fsp3) is 0.556. The molecule has 1 aliphatic heterocycles. The maximum atomic E-state index is 13.8. The molecule has 30 heavy (non-hydrogen) atoms. The van der Waals surface area contributed by atoms with Gasteiger partial charge in [-0.05, 0) is 31.0 Å². The van der Waals surface area contributed by atoms with E-state index in [1.165, 1.54) is 4.90 Å². The zero-order valence-corrected chi connectivity index (χ0v) is 16.1. The lowest BCUT2D eigenvalue weighted by Gasteiger charge is -2.41. The van der Waals surface area contributed by atoms with E-state index in [2.05, 4.69) is 10.1 Å². The molecule has 1 aromatic rings. The molecule has 1 saturated heterocycles. The molecule has 3 amide bonds. The van der Waals surface area contributed by atoms with E-state index in [1.807, 2.05) is 0 Å². The summed E-state index contributed by atoms with van der Waals surface area (Å²) in [6, 6.07) is 0.974. The SMILES string of the molecule is CCNC(=O)CCCN(CO)C(=O)N1CC(c2cc(F)c(OC(F)(F)F)c(F)c2)C1. The van der Waals surface area contributed by atoms with E-state index in [4.69, 9.17) is 0 Å². The molecule has 2 N–H and O–H groups in total. The second-order valence-electron chi connectivity index (χ2n) is 6.71. The molecule has 7 nitrogen and oxygen atoms in total. The van der Waals surface area contributed by atoms with E-state index in [9.17, 15) is 36.6 Å². The average molecular weight is 439 g/mol. The molecule has 168 valence electrons. The van der Waals surface area contributed by atoms with Crippen LogP contribution in [-0.4, -0.2) is 66.1 Å². The van der Waals surface area contributed by atoms with Crippen LogP contribution in [0.1, 0.15) is 31.2 Å². The van der Waals surface area contributed by atoms with Crippen molar-refractivity contribution in [3.63, 3.8) is 0 Å². The normalized spacial score (nSPS) is 14.3. The summed E-state index contributed by atoms with van der Waals surface area (Å²) in [6.07, 6.45) is -4.70. The highest BCUT2D eigenvalue weighted by Crippen LogP contribution is 2.34. The van der Waals surface area contributed by atoms with E-state index in [0.717, 1.165) is 17.0 Å². The molecule has 0 saturated carbocycles. The number of hydrogen-bond donors (Lipinski definition) is 2. The maximum absolute atomic E-state index is 13.8. The summed E-state index contributed by atoms with van der Waals surface area (Å²) in [5.41, 5.74) is 0.0929. The molecule has 0 bridgehead atoms. The van der Waals surface area contributed by atoms with Crippen molar-refractivity contribution in [2.24, 2.45) is 0 Å². The fourth-order valence-corrected chi connectivity index (χ4v) is 3.02. The van der Waals surface area contributed by atoms with E-state index in [-0.39, 0.29) is 37.5 Å². The Hall–Kier alpha value is -2.63. The maximum Gasteiger partial charge on any atom is 0.573 e. The predicted molar refractivity (Wildman–Crippen MR) is 94.5 cm³/mol. The third-order valence-electron chi connectivity index (χ3n) is 4.51. The van der Waals surface area contributed by atoms with Crippen molar-refractivity contribution in [3.8, 4) is 5.75 Å². The van der Waals surface area contributed by atoms with Gasteiger partial charge in [0.1, 0.15) is 6.73 Å². The van der Waals surface area contributed by atoms with Gasteiger partial charge in [0.25, 0.3) is 0 Å². The van der Waals surface area contributed by atoms with Crippen LogP contribution in [0.4, 0.5) is 26.7 Å². The van der Waals surface area contributed by atoms with Gasteiger partial charge >= 0.3 is 12.4 Å². The van der Waals surface area contributed by atoms with Gasteiger partial charge in [-0.15, -0.1) is 13.2 Å². The zero-order valence-electron chi connectivity index (χ0n) is 16.1. The van der Waals surface area contributed by atoms with Crippen LogP contribution in [0.25, 0.3) is 0 Å². The lowest BCUT2D eigenvalue weighted by molar-refractivity contribution is -0.276. The van der Waals surface area contributed by atoms with Gasteiger partial charge in [-0.25, -0.2) is 13.6 Å². The van der Waals surface area contributed by atoms with Crippen LogP contribution in [0.2, 0.25) is 0 Å². The highest BCUT2D eigenvalue weighted by atomic mass is 19.4. The lowest BCUT2D eigenvalue weighted by atomic mass is 9.91. The highest BCUT2D eigenvalue weighted by Gasteiger charge is 2.37. The Labute approximate surface area is 169 Å². The molecule has 0 atom stereocenters. The third-order valence-corrected chi connectivity index (χ3v) is 4.51. The van der Waals surface area contributed by atoms with Gasteiger partial charge in [0.2, 0.25) is 11.7 Å². The van der Waals surface area contributed by atoms with Crippen molar-refractivity contribution in [1.29, 1.82) is 0 Å². The van der Waals surface area contributed by atoms with Gasteiger partial charge in [0, 0.05) is 38.5 Å². The minimum atomic E-state index is -5.23. The van der Waals surface area contributed by atoms with Crippen LogP contribution in [0.15, 0.2) is 12.1 Å². The quantitative estimate of drug-likeness (QED) is 0.482. The molecule has 12 heteroatoms. The number of benzene rings is 1. The molecule has 0 unspecified atom stereocenters. The molecular formula is C18H22F5N3O4. The number of carbonyl (C=O) groups excluding carboxylic acids is 2. The first kappa shape index (κ1) is 23.6. The summed E-state index contributed by atoms with van der Waals surface area (Å²) in [7, 11) is 0. The fourth-order valence-electron chi connectivity index (χ4n) is 3.02. The molecule has 1 heterocycles. The molecular weight excluding hydrogens is 417 g/mol. The average Bonchev–Trinajstić information content (AvgIpc) is 2.60. The first-order valence-corrected chi connectivity index (χ1v) is 9.21. The van der Waals surface area contributed by atoms with Crippen LogP contribution in [0, 0.1) is 11.6 Å². The number of hydrogen-bond acceptors (Lipinski definition) is 4. The number of alkyl halides is 3. The zero-order chi connectivity index (χ0) is 22.5. The first-order valence-electron chi connectivity index (χ1n) is 9.21. The van der Waals surface area contributed by atoms with Gasteiger partial charge in [-0.2, -0.15) is 0 Å². The van der Waals surface area contributed by atoms with E-state index < -0.39 is 42.4 Å². The molecule has 1 aromatic carbocycles. The van der Waals surface area contributed by atoms with E-state index in [1.54, 1.807) is 6.92 Å². The Balaban J connectivity index is 1.91. The predicted octanol–water partition coefficient (Wildman–Crippen LogP) is 2.55. The molecule has 0 spiro atoms. The summed E-state index contributed by atoms with van der Waals surface area (Å²) in [5.74, 6) is -5.16. The summed E-state index contributed by atoms with van der Waals surface area (Å²) in [6.45, 7) is 1.98. The topological polar surface area (TPSA) is 82.1 Å². The van der Waals surface area contributed by atoms with Gasteiger partial charge < -0.3 is 25.0 Å². The number of likely N-dealkylation sites (tertiary alicyclic amines) is 1. The Bertz CT molecular complexity index is 746. The van der Waals surface area contributed by atoms with Crippen molar-refractivity contribution in [2.45, 2.75) is 32.0 Å². The molecule has 0 aliphatic carbocycles. The smallest absolute Gasteiger partial charge is 0.399 e. The number of rotatable bonds is 8. The number of urea groups is 1. The number of amides is 3. The number of nitrogens with one attached hydrogen (secondary N) is 1. The van der Waals surface area contributed by atoms with Gasteiger partial charge in [0.15, 0.2) is 11.6 Å². The van der Waals surface area contributed by atoms with Crippen molar-refractivity contribution < 1.29 is 41.4 Å². The summed E-state index contributed by atoms with van der Waals surface area (Å²) in [5, 5.41) is 12.0. The summed E-state index contributed by atoms with van der Waals surface area (Å²) < 4.78 is 67.7. The summed E-state index contributed by atoms with van der Waals surface area (Å²) >= 11 is 0. The van der Waals surface area contributed by atoms with Crippen molar-refractivity contribution in [3.05, 3.63) is 29.3 Å². The van der Waals surface area contributed by atoms with Crippen LogP contribution < -0.4 is 10.1 Å². The molecule has 0 radical (unpaired) electrons. The monoisotopic (exact) mass is 439 g/mol. The Morgan fingerprint density at radius 1 is 1.27 bits per heavy atom. The molecule has 1 fully saturated rings. The standard InChI is InChI=1S/C18H22F5N3O4/c1-2-24-15(28)4-3-5-25(10-27)17(29)26-8-12(9-26)11-6-13(19)16(14(20)7-11)30-18(21,22)23/h6-7,12,27H,2-5,8-10H2,1H3,(H,24,28). The molecule has 1 aliphatic rings.